The Morgan fingerprint density at radius 1 is 1.20 bits per heavy atom. The van der Waals surface area contributed by atoms with Crippen LogP contribution in [0, 0.1) is 5.92 Å². The van der Waals surface area contributed by atoms with Crippen LogP contribution >= 0.6 is 0 Å². The molecule has 1 saturated carbocycles. The van der Waals surface area contributed by atoms with Crippen molar-refractivity contribution in [1.82, 2.24) is 0 Å². The van der Waals surface area contributed by atoms with Crippen molar-refractivity contribution in [2.45, 2.75) is 25.2 Å². The van der Waals surface area contributed by atoms with Gasteiger partial charge in [0.05, 0.1) is 0 Å². The summed E-state index contributed by atoms with van der Waals surface area (Å²) in [5.74, 6) is 0.342. The summed E-state index contributed by atoms with van der Waals surface area (Å²) >= 11 is 0. The van der Waals surface area contributed by atoms with Gasteiger partial charge in [-0.1, -0.05) is 30.3 Å². The molecule has 0 saturated heterocycles. The number of aldehydes is 1. The van der Waals surface area contributed by atoms with E-state index in [1.54, 1.807) is 0 Å². The van der Waals surface area contributed by atoms with Crippen molar-refractivity contribution < 1.29 is 9.59 Å². The molecule has 1 aliphatic carbocycles. The van der Waals surface area contributed by atoms with E-state index in [0.717, 1.165) is 12.7 Å². The van der Waals surface area contributed by atoms with Crippen molar-refractivity contribution >= 4 is 12.1 Å². The van der Waals surface area contributed by atoms with Crippen LogP contribution in [0.5, 0.6) is 0 Å². The van der Waals surface area contributed by atoms with Crippen LogP contribution in [-0.2, 0) is 9.59 Å². The first kappa shape index (κ1) is 10.1. The summed E-state index contributed by atoms with van der Waals surface area (Å²) in [5, 5.41) is 0. The minimum Gasteiger partial charge on any atom is -0.303 e. The van der Waals surface area contributed by atoms with Crippen LogP contribution in [0.25, 0.3) is 0 Å². The quantitative estimate of drug-likeness (QED) is 0.690. The molecule has 2 unspecified atom stereocenters. The lowest BCUT2D eigenvalue weighted by atomic mass is 9.76. The Morgan fingerprint density at radius 2 is 1.93 bits per heavy atom. The van der Waals surface area contributed by atoms with Gasteiger partial charge < -0.3 is 4.79 Å². The maximum Gasteiger partial charge on any atom is 0.133 e. The molecule has 78 valence electrons. The first-order valence-corrected chi connectivity index (χ1v) is 5.33. The number of hydrogen-bond acceptors (Lipinski definition) is 2. The van der Waals surface area contributed by atoms with E-state index in [-0.39, 0.29) is 17.6 Å². The average molecular weight is 202 g/mol. The minimum atomic E-state index is -0.117. The zero-order valence-electron chi connectivity index (χ0n) is 8.56. The lowest BCUT2D eigenvalue weighted by Gasteiger charge is -2.27. The molecule has 0 aliphatic heterocycles. The molecular formula is C13H14O2. The van der Waals surface area contributed by atoms with Gasteiger partial charge in [-0.15, -0.1) is 0 Å². The Labute approximate surface area is 89.3 Å². The fourth-order valence-electron chi connectivity index (χ4n) is 2.29. The SMILES string of the molecule is O=CC1CC(=O)CCC1c1ccccc1. The van der Waals surface area contributed by atoms with E-state index >= 15 is 0 Å². The highest BCUT2D eigenvalue weighted by Crippen LogP contribution is 2.34. The second-order valence-corrected chi connectivity index (χ2v) is 4.10. The first-order valence-electron chi connectivity index (χ1n) is 5.33. The number of benzene rings is 1. The largest absolute Gasteiger partial charge is 0.303 e. The lowest BCUT2D eigenvalue weighted by Crippen LogP contribution is -2.24. The van der Waals surface area contributed by atoms with Gasteiger partial charge in [0, 0.05) is 18.8 Å². The highest BCUT2D eigenvalue weighted by Gasteiger charge is 2.29. The smallest absolute Gasteiger partial charge is 0.133 e. The van der Waals surface area contributed by atoms with E-state index in [2.05, 4.69) is 0 Å². The van der Waals surface area contributed by atoms with Gasteiger partial charge in [0.2, 0.25) is 0 Å². The molecule has 1 aromatic rings. The van der Waals surface area contributed by atoms with Gasteiger partial charge in [-0.3, -0.25) is 4.79 Å². The second kappa shape index (κ2) is 4.39. The number of rotatable bonds is 2. The minimum absolute atomic E-state index is 0.117. The Hall–Kier alpha value is -1.44. The molecule has 0 aromatic heterocycles. The van der Waals surface area contributed by atoms with Gasteiger partial charge in [-0.05, 0) is 17.9 Å². The molecule has 2 nitrogen and oxygen atoms in total. The standard InChI is InChI=1S/C13H14O2/c14-9-11-8-12(15)6-7-13(11)10-4-2-1-3-5-10/h1-5,9,11,13H,6-8H2. The van der Waals surface area contributed by atoms with Crippen LogP contribution in [-0.4, -0.2) is 12.1 Å². The Bertz CT molecular complexity index is 356. The van der Waals surface area contributed by atoms with E-state index in [0.29, 0.717) is 12.8 Å². The van der Waals surface area contributed by atoms with Crippen LogP contribution in [0.1, 0.15) is 30.7 Å². The Balaban J connectivity index is 2.21. The van der Waals surface area contributed by atoms with Crippen molar-refractivity contribution in [3.05, 3.63) is 35.9 Å². The molecule has 0 spiro atoms. The molecule has 2 atom stereocenters. The zero-order valence-corrected chi connectivity index (χ0v) is 8.56. The lowest BCUT2D eigenvalue weighted by molar-refractivity contribution is -0.125. The fraction of sp³-hybridized carbons (Fsp3) is 0.385. The number of ketones is 1. The number of Topliss-reactive ketones (excluding diaryl/α,β-unsaturated/α-hetero) is 1. The summed E-state index contributed by atoms with van der Waals surface area (Å²) in [6.07, 6.45) is 2.79. The van der Waals surface area contributed by atoms with E-state index in [4.69, 9.17) is 0 Å². The van der Waals surface area contributed by atoms with Crippen molar-refractivity contribution in [3.8, 4) is 0 Å². The van der Waals surface area contributed by atoms with Gasteiger partial charge in [-0.25, -0.2) is 0 Å². The predicted molar refractivity (Wildman–Crippen MR) is 57.6 cm³/mol. The molecule has 0 radical (unpaired) electrons. The van der Waals surface area contributed by atoms with Crippen LogP contribution in [0.3, 0.4) is 0 Å². The normalized spacial score (nSPS) is 26.3. The first-order chi connectivity index (χ1) is 7.31. The molecule has 0 amide bonds. The summed E-state index contributed by atoms with van der Waals surface area (Å²) in [7, 11) is 0. The summed E-state index contributed by atoms with van der Waals surface area (Å²) in [4.78, 5) is 22.2. The van der Waals surface area contributed by atoms with E-state index in [9.17, 15) is 9.59 Å². The van der Waals surface area contributed by atoms with E-state index in [1.807, 2.05) is 30.3 Å². The van der Waals surface area contributed by atoms with Crippen LogP contribution in [0.2, 0.25) is 0 Å². The highest BCUT2D eigenvalue weighted by atomic mass is 16.1. The van der Waals surface area contributed by atoms with Crippen molar-refractivity contribution in [2.24, 2.45) is 5.92 Å². The van der Waals surface area contributed by atoms with Gasteiger partial charge in [-0.2, -0.15) is 0 Å². The number of hydrogen-bond donors (Lipinski definition) is 0. The Morgan fingerprint density at radius 3 is 2.60 bits per heavy atom. The molecule has 0 N–H and O–H groups in total. The van der Waals surface area contributed by atoms with Gasteiger partial charge in [0.15, 0.2) is 0 Å². The van der Waals surface area contributed by atoms with Gasteiger partial charge in [0.1, 0.15) is 12.1 Å². The third-order valence-corrected chi connectivity index (χ3v) is 3.12. The third kappa shape index (κ3) is 2.14. The van der Waals surface area contributed by atoms with Crippen molar-refractivity contribution in [3.63, 3.8) is 0 Å². The fourth-order valence-corrected chi connectivity index (χ4v) is 2.29. The molecule has 0 heterocycles. The summed E-state index contributed by atoms with van der Waals surface area (Å²) in [6, 6.07) is 10.0. The molecular weight excluding hydrogens is 188 g/mol. The highest BCUT2D eigenvalue weighted by molar-refractivity contribution is 5.83. The second-order valence-electron chi connectivity index (χ2n) is 4.10. The van der Waals surface area contributed by atoms with E-state index < -0.39 is 0 Å². The van der Waals surface area contributed by atoms with Gasteiger partial charge in [0.25, 0.3) is 0 Å². The van der Waals surface area contributed by atoms with Crippen molar-refractivity contribution in [2.75, 3.05) is 0 Å². The topological polar surface area (TPSA) is 34.1 Å². The maximum absolute atomic E-state index is 11.3. The van der Waals surface area contributed by atoms with Crippen LogP contribution in [0.15, 0.2) is 30.3 Å². The summed E-state index contributed by atoms with van der Waals surface area (Å²) in [6.45, 7) is 0. The molecule has 2 heteroatoms. The third-order valence-electron chi connectivity index (χ3n) is 3.12. The number of carbonyl (C=O) groups excluding carboxylic acids is 2. The zero-order chi connectivity index (χ0) is 10.7. The number of carbonyl (C=O) groups is 2. The average Bonchev–Trinajstić information content (AvgIpc) is 2.30. The molecule has 1 aromatic carbocycles. The van der Waals surface area contributed by atoms with Crippen LogP contribution < -0.4 is 0 Å². The monoisotopic (exact) mass is 202 g/mol. The maximum atomic E-state index is 11.3. The molecule has 2 rings (SSSR count). The molecule has 1 aliphatic rings. The summed E-state index contributed by atoms with van der Waals surface area (Å²) < 4.78 is 0. The molecule has 1 fully saturated rings. The molecule has 15 heavy (non-hydrogen) atoms. The predicted octanol–water partition coefficient (Wildman–Crippen LogP) is 2.34. The molecule has 0 bridgehead atoms. The van der Waals surface area contributed by atoms with E-state index in [1.165, 1.54) is 5.56 Å². The van der Waals surface area contributed by atoms with Gasteiger partial charge >= 0.3 is 0 Å². The van der Waals surface area contributed by atoms with Crippen molar-refractivity contribution in [1.29, 1.82) is 0 Å². The Kier molecular flexibility index (Phi) is 2.95. The summed E-state index contributed by atoms with van der Waals surface area (Å²) in [5.41, 5.74) is 1.18. The van der Waals surface area contributed by atoms with Crippen LogP contribution in [0.4, 0.5) is 0 Å².